The quantitative estimate of drug-likeness (QED) is 0.653. The van der Waals surface area contributed by atoms with Gasteiger partial charge in [-0.25, -0.2) is 4.68 Å². The summed E-state index contributed by atoms with van der Waals surface area (Å²) in [6, 6.07) is 7.45. The lowest BCUT2D eigenvalue weighted by molar-refractivity contribution is -0.129. The van der Waals surface area contributed by atoms with Crippen LogP contribution in [-0.2, 0) is 11.2 Å². The third-order valence-corrected chi connectivity index (χ3v) is 5.10. The summed E-state index contributed by atoms with van der Waals surface area (Å²) < 4.78 is 7.05. The molecule has 2 aromatic heterocycles. The monoisotopic (exact) mass is 400 g/mol. The van der Waals surface area contributed by atoms with Crippen LogP contribution in [0.3, 0.4) is 0 Å². The molecule has 3 aromatic rings. The van der Waals surface area contributed by atoms with Crippen molar-refractivity contribution in [1.29, 1.82) is 0 Å². The van der Waals surface area contributed by atoms with E-state index in [1.54, 1.807) is 23.0 Å². The van der Waals surface area contributed by atoms with Gasteiger partial charge in [-0.3, -0.25) is 4.79 Å². The van der Waals surface area contributed by atoms with E-state index in [4.69, 9.17) is 16.1 Å². The summed E-state index contributed by atoms with van der Waals surface area (Å²) in [4.78, 5) is 18.8. The van der Waals surface area contributed by atoms with Crippen LogP contribution in [0.15, 0.2) is 35.0 Å². The number of halogens is 1. The van der Waals surface area contributed by atoms with Crippen molar-refractivity contribution in [3.05, 3.63) is 46.9 Å². The molecule has 1 amide bonds. The second-order valence-electron chi connectivity index (χ2n) is 7.28. The second kappa shape index (κ2) is 7.71. The number of hydrogen-bond acceptors (Lipinski definition) is 6. The summed E-state index contributed by atoms with van der Waals surface area (Å²) in [7, 11) is 0. The molecular formula is C19H21ClN6O2. The van der Waals surface area contributed by atoms with Gasteiger partial charge in [0.2, 0.25) is 5.91 Å². The zero-order valence-electron chi connectivity index (χ0n) is 15.7. The number of amides is 1. The van der Waals surface area contributed by atoms with Crippen LogP contribution in [0.25, 0.3) is 11.6 Å². The predicted octanol–water partition coefficient (Wildman–Crippen LogP) is 3.12. The average molecular weight is 401 g/mol. The van der Waals surface area contributed by atoms with Gasteiger partial charge in [0, 0.05) is 24.0 Å². The van der Waals surface area contributed by atoms with Crippen LogP contribution in [0.2, 0.25) is 5.02 Å². The van der Waals surface area contributed by atoms with Gasteiger partial charge in [-0.05, 0) is 24.1 Å². The van der Waals surface area contributed by atoms with Crippen LogP contribution in [0.1, 0.15) is 43.6 Å². The Morgan fingerprint density at radius 1 is 1.32 bits per heavy atom. The lowest BCUT2D eigenvalue weighted by atomic mass is 10.1. The Kier molecular flexibility index (Phi) is 5.13. The summed E-state index contributed by atoms with van der Waals surface area (Å²) in [5.74, 6) is 1.29. The maximum absolute atomic E-state index is 12.6. The molecule has 0 saturated carbocycles. The largest absolute Gasteiger partial charge is 0.340 e. The van der Waals surface area contributed by atoms with E-state index in [2.05, 4.69) is 20.5 Å². The molecule has 0 bridgehead atoms. The summed E-state index contributed by atoms with van der Waals surface area (Å²) in [6.45, 7) is 5.31. The standard InChI is InChI=1S/C19H21ClN6O2/c1-12(2)18-21-19(28-23-18)16-11-26(24-22-16)15-7-8-25(10-15)17(27)9-13-3-5-14(20)6-4-13/h3-6,11-12,15H,7-10H2,1-2H3/t15-/m0/s1. The van der Waals surface area contributed by atoms with E-state index < -0.39 is 0 Å². The van der Waals surface area contributed by atoms with Crippen molar-refractivity contribution in [2.24, 2.45) is 0 Å². The minimum Gasteiger partial charge on any atom is -0.340 e. The fourth-order valence-corrected chi connectivity index (χ4v) is 3.33. The molecule has 9 heteroatoms. The highest BCUT2D eigenvalue weighted by atomic mass is 35.5. The molecule has 1 saturated heterocycles. The average Bonchev–Trinajstić information content (AvgIpc) is 3.42. The number of carbonyl (C=O) groups is 1. The lowest BCUT2D eigenvalue weighted by Gasteiger charge is -2.16. The van der Waals surface area contributed by atoms with Crippen LogP contribution in [0.5, 0.6) is 0 Å². The minimum atomic E-state index is 0.0860. The Bertz CT molecular complexity index is 965. The van der Waals surface area contributed by atoms with Gasteiger partial charge in [0.05, 0.1) is 18.7 Å². The van der Waals surface area contributed by atoms with Crippen molar-refractivity contribution in [2.45, 2.75) is 38.6 Å². The van der Waals surface area contributed by atoms with Gasteiger partial charge in [-0.2, -0.15) is 4.98 Å². The van der Waals surface area contributed by atoms with Gasteiger partial charge >= 0.3 is 0 Å². The topological polar surface area (TPSA) is 89.9 Å². The van der Waals surface area contributed by atoms with E-state index in [1.807, 2.05) is 30.9 Å². The number of aromatic nitrogens is 5. The Morgan fingerprint density at radius 2 is 2.11 bits per heavy atom. The van der Waals surface area contributed by atoms with Crippen molar-refractivity contribution < 1.29 is 9.32 Å². The Morgan fingerprint density at radius 3 is 2.82 bits per heavy atom. The molecule has 146 valence electrons. The number of likely N-dealkylation sites (tertiary alicyclic amines) is 1. The van der Waals surface area contributed by atoms with E-state index >= 15 is 0 Å². The van der Waals surface area contributed by atoms with Gasteiger partial charge in [-0.15, -0.1) is 5.10 Å². The molecule has 1 fully saturated rings. The smallest absolute Gasteiger partial charge is 0.280 e. The van der Waals surface area contributed by atoms with Gasteiger partial charge in [0.1, 0.15) is 0 Å². The Labute approximate surface area is 167 Å². The normalized spacial score (nSPS) is 16.9. The molecule has 28 heavy (non-hydrogen) atoms. The highest BCUT2D eigenvalue weighted by Gasteiger charge is 2.28. The third kappa shape index (κ3) is 3.91. The van der Waals surface area contributed by atoms with Crippen molar-refractivity contribution in [3.8, 4) is 11.6 Å². The van der Waals surface area contributed by atoms with Gasteiger partial charge < -0.3 is 9.42 Å². The second-order valence-corrected chi connectivity index (χ2v) is 7.72. The van der Waals surface area contributed by atoms with E-state index in [0.717, 1.165) is 12.0 Å². The fraction of sp³-hybridized carbons (Fsp3) is 0.421. The molecule has 3 heterocycles. The maximum atomic E-state index is 12.6. The van der Waals surface area contributed by atoms with Crippen molar-refractivity contribution in [2.75, 3.05) is 13.1 Å². The number of rotatable bonds is 5. The third-order valence-electron chi connectivity index (χ3n) is 4.85. The Hall–Kier alpha value is -2.74. The zero-order valence-corrected chi connectivity index (χ0v) is 16.5. The predicted molar refractivity (Wildman–Crippen MR) is 103 cm³/mol. The van der Waals surface area contributed by atoms with Crippen molar-refractivity contribution in [1.82, 2.24) is 30.0 Å². The molecule has 1 aliphatic rings. The first-order chi connectivity index (χ1) is 13.5. The van der Waals surface area contributed by atoms with Crippen LogP contribution in [0.4, 0.5) is 0 Å². The molecule has 0 radical (unpaired) electrons. The van der Waals surface area contributed by atoms with E-state index in [0.29, 0.717) is 41.9 Å². The number of nitrogens with zero attached hydrogens (tertiary/aromatic N) is 6. The molecular weight excluding hydrogens is 380 g/mol. The number of hydrogen-bond donors (Lipinski definition) is 0. The zero-order chi connectivity index (χ0) is 19.7. The molecule has 8 nitrogen and oxygen atoms in total. The number of carbonyl (C=O) groups excluding carboxylic acids is 1. The van der Waals surface area contributed by atoms with Gasteiger partial charge in [-0.1, -0.05) is 48.0 Å². The lowest BCUT2D eigenvalue weighted by Crippen LogP contribution is -2.30. The van der Waals surface area contributed by atoms with E-state index in [-0.39, 0.29) is 17.9 Å². The molecule has 0 unspecified atom stereocenters. The van der Waals surface area contributed by atoms with Crippen molar-refractivity contribution in [3.63, 3.8) is 0 Å². The molecule has 0 N–H and O–H groups in total. The summed E-state index contributed by atoms with van der Waals surface area (Å²) in [5.41, 5.74) is 1.50. The van der Waals surface area contributed by atoms with E-state index in [9.17, 15) is 4.79 Å². The fourth-order valence-electron chi connectivity index (χ4n) is 3.20. The van der Waals surface area contributed by atoms with Crippen LogP contribution in [0, 0.1) is 0 Å². The van der Waals surface area contributed by atoms with Crippen LogP contribution < -0.4 is 0 Å². The van der Waals surface area contributed by atoms with Gasteiger partial charge in [0.25, 0.3) is 5.89 Å². The molecule has 1 aromatic carbocycles. The van der Waals surface area contributed by atoms with Gasteiger partial charge in [0.15, 0.2) is 11.5 Å². The Balaban J connectivity index is 1.39. The SMILES string of the molecule is CC(C)c1noc(-c2cn([C@H]3CCN(C(=O)Cc4ccc(Cl)cc4)C3)nn2)n1. The highest BCUT2D eigenvalue weighted by molar-refractivity contribution is 6.30. The van der Waals surface area contributed by atoms with Crippen LogP contribution >= 0.6 is 11.6 Å². The first kappa shape index (κ1) is 18.6. The van der Waals surface area contributed by atoms with Crippen molar-refractivity contribution >= 4 is 17.5 Å². The van der Waals surface area contributed by atoms with Crippen LogP contribution in [-0.4, -0.2) is 49.0 Å². The van der Waals surface area contributed by atoms with E-state index in [1.165, 1.54) is 0 Å². The first-order valence-electron chi connectivity index (χ1n) is 9.27. The summed E-state index contributed by atoms with van der Waals surface area (Å²) in [6.07, 6.45) is 3.00. The first-order valence-corrected chi connectivity index (χ1v) is 9.65. The molecule has 4 rings (SSSR count). The number of benzene rings is 1. The molecule has 0 spiro atoms. The molecule has 0 aliphatic carbocycles. The summed E-state index contributed by atoms with van der Waals surface area (Å²) in [5, 5.41) is 13.0. The molecule has 1 aliphatic heterocycles. The molecule has 1 atom stereocenters. The summed E-state index contributed by atoms with van der Waals surface area (Å²) >= 11 is 5.90. The maximum Gasteiger partial charge on any atom is 0.280 e. The minimum absolute atomic E-state index is 0.0860. The highest BCUT2D eigenvalue weighted by Crippen LogP contribution is 2.24.